The van der Waals surface area contributed by atoms with Crippen molar-refractivity contribution in [1.29, 1.82) is 0 Å². The Balaban J connectivity index is 2.11. The molecule has 24 heavy (non-hydrogen) atoms. The first-order valence-electron chi connectivity index (χ1n) is 8.89. The number of ether oxygens (including phenoxy) is 2. The fourth-order valence-corrected chi connectivity index (χ4v) is 3.78. The molecule has 0 amide bonds. The van der Waals surface area contributed by atoms with Gasteiger partial charge in [0.05, 0.1) is 18.8 Å². The molecule has 2 unspecified atom stereocenters. The third-order valence-electron chi connectivity index (χ3n) is 5.30. The minimum absolute atomic E-state index is 0.106. The van der Waals surface area contributed by atoms with Crippen LogP contribution < -0.4 is 11.1 Å². The minimum atomic E-state index is 0.106. The molecule has 1 aliphatic carbocycles. The van der Waals surface area contributed by atoms with Crippen molar-refractivity contribution in [1.82, 2.24) is 0 Å². The Kier molecular flexibility index (Phi) is 6.63. The lowest BCUT2D eigenvalue weighted by Crippen LogP contribution is -2.57. The second-order valence-corrected chi connectivity index (χ2v) is 6.37. The number of nitrogens with zero attached hydrogens (tertiary/aromatic N) is 1. The van der Waals surface area contributed by atoms with Crippen molar-refractivity contribution in [3.63, 3.8) is 0 Å². The van der Waals surface area contributed by atoms with Crippen LogP contribution in [0.1, 0.15) is 45.6 Å². The molecule has 0 saturated heterocycles. The van der Waals surface area contributed by atoms with E-state index in [1.165, 1.54) is 0 Å². The lowest BCUT2D eigenvalue weighted by molar-refractivity contribution is -0.126. The van der Waals surface area contributed by atoms with Gasteiger partial charge in [-0.25, -0.2) is 4.99 Å². The Bertz CT molecular complexity index is 555. The molecule has 2 rings (SSSR count). The molecule has 134 valence electrons. The highest BCUT2D eigenvalue weighted by atomic mass is 16.5. The number of nitrogens with one attached hydrogen (secondary N) is 1. The number of nitrogens with two attached hydrogens (primary N) is 1. The molecule has 0 aromatic heterocycles. The highest BCUT2D eigenvalue weighted by Crippen LogP contribution is 2.50. The van der Waals surface area contributed by atoms with Crippen LogP contribution in [0, 0.1) is 5.41 Å². The number of methoxy groups -OCH3 is 1. The van der Waals surface area contributed by atoms with E-state index in [4.69, 9.17) is 20.2 Å². The van der Waals surface area contributed by atoms with E-state index >= 15 is 0 Å². The number of guanidine groups is 1. The first-order valence-corrected chi connectivity index (χ1v) is 8.89. The topological polar surface area (TPSA) is 68.9 Å². The Morgan fingerprint density at radius 3 is 2.62 bits per heavy atom. The second-order valence-electron chi connectivity index (χ2n) is 6.37. The summed E-state index contributed by atoms with van der Waals surface area (Å²) in [5.41, 5.74) is 8.30. The van der Waals surface area contributed by atoms with Crippen LogP contribution in [-0.2, 0) is 16.1 Å². The summed E-state index contributed by atoms with van der Waals surface area (Å²) in [4.78, 5) is 4.77. The zero-order valence-corrected chi connectivity index (χ0v) is 15.3. The van der Waals surface area contributed by atoms with Crippen molar-refractivity contribution in [2.24, 2.45) is 16.1 Å². The Morgan fingerprint density at radius 1 is 1.29 bits per heavy atom. The van der Waals surface area contributed by atoms with E-state index in [1.807, 2.05) is 24.3 Å². The average Bonchev–Trinajstić information content (AvgIpc) is 2.57. The summed E-state index contributed by atoms with van der Waals surface area (Å²) >= 11 is 0. The maximum Gasteiger partial charge on any atom is 0.193 e. The fourth-order valence-electron chi connectivity index (χ4n) is 3.78. The molecule has 3 N–H and O–H groups in total. The maximum absolute atomic E-state index is 6.19. The highest BCUT2D eigenvalue weighted by molar-refractivity contribution is 5.93. The minimum Gasteiger partial charge on any atom is -0.380 e. The lowest BCUT2D eigenvalue weighted by atomic mass is 9.59. The molecule has 1 fully saturated rings. The summed E-state index contributed by atoms with van der Waals surface area (Å²) in [6, 6.07) is 8.20. The van der Waals surface area contributed by atoms with E-state index in [-0.39, 0.29) is 11.5 Å². The smallest absolute Gasteiger partial charge is 0.193 e. The third-order valence-corrected chi connectivity index (χ3v) is 5.30. The molecule has 1 aromatic carbocycles. The van der Waals surface area contributed by atoms with Crippen molar-refractivity contribution in [2.45, 2.75) is 58.8 Å². The van der Waals surface area contributed by atoms with Gasteiger partial charge in [0.1, 0.15) is 0 Å². The van der Waals surface area contributed by atoms with Gasteiger partial charge < -0.3 is 20.5 Å². The van der Waals surface area contributed by atoms with Gasteiger partial charge in [-0.3, -0.25) is 0 Å². The van der Waals surface area contributed by atoms with Crippen LogP contribution in [0.2, 0.25) is 0 Å². The number of benzene rings is 1. The molecule has 1 saturated carbocycles. The molecule has 0 spiro atoms. The number of aliphatic imine (C=N–C) groups is 1. The summed E-state index contributed by atoms with van der Waals surface area (Å²) < 4.78 is 11.1. The second kappa shape index (κ2) is 8.49. The number of rotatable bonds is 8. The number of hydrogen-bond acceptors (Lipinski definition) is 3. The van der Waals surface area contributed by atoms with E-state index in [1.54, 1.807) is 7.11 Å². The summed E-state index contributed by atoms with van der Waals surface area (Å²) in [6.45, 7) is 7.78. The van der Waals surface area contributed by atoms with Gasteiger partial charge in [-0.15, -0.1) is 0 Å². The van der Waals surface area contributed by atoms with E-state index in [0.717, 1.165) is 37.1 Å². The van der Waals surface area contributed by atoms with Gasteiger partial charge in [0.25, 0.3) is 0 Å². The van der Waals surface area contributed by atoms with Crippen LogP contribution in [0.3, 0.4) is 0 Å². The van der Waals surface area contributed by atoms with Gasteiger partial charge in [0.2, 0.25) is 0 Å². The maximum atomic E-state index is 6.19. The van der Waals surface area contributed by atoms with Gasteiger partial charge >= 0.3 is 0 Å². The summed E-state index contributed by atoms with van der Waals surface area (Å²) in [7, 11) is 1.69. The Morgan fingerprint density at radius 2 is 2.00 bits per heavy atom. The molecule has 5 heteroatoms. The van der Waals surface area contributed by atoms with Crippen LogP contribution in [0.15, 0.2) is 29.3 Å². The zero-order chi connectivity index (χ0) is 17.6. The SMILES string of the molecule is CCOC1CC(N=C(N)Nc2ccccc2COC)C1(CC)CC. The van der Waals surface area contributed by atoms with E-state index in [9.17, 15) is 0 Å². The predicted molar refractivity (Wildman–Crippen MR) is 99.2 cm³/mol. The quantitative estimate of drug-likeness (QED) is 0.564. The number of hydrogen-bond donors (Lipinski definition) is 2. The molecule has 1 aliphatic rings. The van der Waals surface area contributed by atoms with Crippen LogP contribution in [-0.4, -0.2) is 31.8 Å². The predicted octanol–water partition coefficient (Wildman–Crippen LogP) is 3.54. The molecule has 2 atom stereocenters. The third kappa shape index (κ3) is 3.73. The summed E-state index contributed by atoms with van der Waals surface area (Å²) in [5.74, 6) is 0.463. The average molecular weight is 333 g/mol. The molecule has 0 bridgehead atoms. The Hall–Kier alpha value is -1.59. The van der Waals surface area contributed by atoms with Gasteiger partial charge in [-0.2, -0.15) is 0 Å². The van der Waals surface area contributed by atoms with Crippen molar-refractivity contribution < 1.29 is 9.47 Å². The van der Waals surface area contributed by atoms with Crippen LogP contribution in [0.25, 0.3) is 0 Å². The molecule has 0 aliphatic heterocycles. The molecular formula is C19H31N3O2. The first-order chi connectivity index (χ1) is 11.6. The number of para-hydroxylation sites is 1. The van der Waals surface area contributed by atoms with Crippen molar-refractivity contribution >= 4 is 11.6 Å². The number of anilines is 1. The van der Waals surface area contributed by atoms with Gasteiger partial charge in [0, 0.05) is 30.4 Å². The molecular weight excluding hydrogens is 302 g/mol. The molecule has 0 heterocycles. The summed E-state index contributed by atoms with van der Waals surface area (Å²) in [5, 5.41) is 3.23. The Labute approximate surface area is 145 Å². The van der Waals surface area contributed by atoms with Crippen molar-refractivity contribution in [3.8, 4) is 0 Å². The molecule has 5 nitrogen and oxygen atoms in total. The van der Waals surface area contributed by atoms with Crippen molar-refractivity contribution in [2.75, 3.05) is 19.0 Å². The van der Waals surface area contributed by atoms with E-state index in [2.05, 4.69) is 26.1 Å². The van der Waals surface area contributed by atoms with Crippen molar-refractivity contribution in [3.05, 3.63) is 29.8 Å². The largest absolute Gasteiger partial charge is 0.380 e. The monoisotopic (exact) mass is 333 g/mol. The van der Waals surface area contributed by atoms with Crippen LogP contribution >= 0.6 is 0 Å². The van der Waals surface area contributed by atoms with Gasteiger partial charge in [-0.05, 0) is 32.3 Å². The fraction of sp³-hybridized carbons (Fsp3) is 0.632. The normalized spacial score (nSPS) is 22.9. The summed E-state index contributed by atoms with van der Waals surface area (Å²) in [6.07, 6.45) is 3.34. The van der Waals surface area contributed by atoms with Crippen LogP contribution in [0.5, 0.6) is 0 Å². The lowest BCUT2D eigenvalue weighted by Gasteiger charge is -2.53. The van der Waals surface area contributed by atoms with Crippen LogP contribution in [0.4, 0.5) is 5.69 Å². The highest BCUT2D eigenvalue weighted by Gasteiger charge is 2.53. The van der Waals surface area contributed by atoms with E-state index in [0.29, 0.717) is 18.7 Å². The van der Waals surface area contributed by atoms with Gasteiger partial charge in [-0.1, -0.05) is 32.0 Å². The molecule has 0 radical (unpaired) electrons. The first kappa shape index (κ1) is 18.7. The van der Waals surface area contributed by atoms with Gasteiger partial charge in [0.15, 0.2) is 5.96 Å². The zero-order valence-electron chi connectivity index (χ0n) is 15.3. The standard InChI is InChI=1S/C19H31N3O2/c1-5-19(6-2)16(12-17(19)24-7-3)22-18(20)21-15-11-9-8-10-14(15)13-23-4/h8-11,16-17H,5-7,12-13H2,1-4H3,(H3,20,21,22). The van der Waals surface area contributed by atoms with E-state index < -0.39 is 0 Å². The molecule has 1 aromatic rings.